The summed E-state index contributed by atoms with van der Waals surface area (Å²) < 4.78 is 0. The second-order valence-electron chi connectivity index (χ2n) is 1.74. The van der Waals surface area contributed by atoms with Gasteiger partial charge in [-0.3, -0.25) is 0 Å². The Morgan fingerprint density at radius 1 is 1.00 bits per heavy atom. The van der Waals surface area contributed by atoms with Crippen LogP contribution in [0, 0.1) is 0 Å². The van der Waals surface area contributed by atoms with Crippen LogP contribution in [0.25, 0.3) is 0 Å². The molecule has 1 nitrogen and oxygen atoms in total. The van der Waals surface area contributed by atoms with Gasteiger partial charge in [-0.25, -0.2) is 0 Å². The molecule has 0 radical (unpaired) electrons. The van der Waals surface area contributed by atoms with Crippen molar-refractivity contribution < 1.29 is 34.0 Å². The van der Waals surface area contributed by atoms with Gasteiger partial charge < -0.3 is 40.1 Å². The minimum absolute atomic E-state index is 0. The van der Waals surface area contributed by atoms with Gasteiger partial charge in [-0.1, -0.05) is 30.3 Å². The fraction of sp³-hybridized carbons (Fsp3) is 0.143. The van der Waals surface area contributed by atoms with E-state index in [0.29, 0.717) is 0 Å². The predicted molar refractivity (Wildman–Crippen MR) is 47.2 cm³/mol. The van der Waals surface area contributed by atoms with E-state index in [0.717, 1.165) is 0 Å². The molecular weight excluding hydrogens is 289 g/mol. The monoisotopic (exact) mass is 301 g/mol. The molecule has 0 fully saturated rings. The maximum absolute atomic E-state index is 2.15. The van der Waals surface area contributed by atoms with Gasteiger partial charge in [0.1, 0.15) is 0 Å². The van der Waals surface area contributed by atoms with E-state index in [1.807, 2.05) is 15.3 Å². The largest absolute Gasteiger partial charge is 1.00 e. The summed E-state index contributed by atoms with van der Waals surface area (Å²) in [5.41, 5.74) is 1.42. The van der Waals surface area contributed by atoms with Gasteiger partial charge in [0, 0.05) is 0 Å². The molecule has 1 atom stereocenters. The lowest BCUT2D eigenvalue weighted by Crippen LogP contribution is -3.00. The van der Waals surface area contributed by atoms with E-state index in [1.54, 1.807) is 0 Å². The maximum Gasteiger partial charge on any atom is 0.0774 e. The fourth-order valence-corrected chi connectivity index (χ4v) is 0.978. The van der Waals surface area contributed by atoms with Crippen molar-refractivity contribution >= 4 is 9.24 Å². The summed E-state index contributed by atoms with van der Waals surface area (Å²) in [7, 11) is 1.98. The number of benzene rings is 1. The zero-order valence-electron chi connectivity index (χ0n) is 6.56. The van der Waals surface area contributed by atoms with Crippen LogP contribution in [-0.4, -0.2) is 0 Å². The van der Waals surface area contributed by atoms with Crippen molar-refractivity contribution in [1.82, 2.24) is 6.15 Å². The Kier molecular flexibility index (Phi) is 16.9. The highest BCUT2D eigenvalue weighted by Gasteiger charge is 1.83. The molecule has 0 heterocycles. The van der Waals surface area contributed by atoms with Crippen molar-refractivity contribution in [3.8, 4) is 0 Å². The van der Waals surface area contributed by atoms with Gasteiger partial charge in [0.05, 0.1) is 6.16 Å². The van der Waals surface area contributed by atoms with Crippen LogP contribution < -0.4 is 40.1 Å². The summed E-state index contributed by atoms with van der Waals surface area (Å²) in [4.78, 5) is 0. The number of quaternary nitrogens is 1. The van der Waals surface area contributed by atoms with Gasteiger partial charge in [0.15, 0.2) is 0 Å². The van der Waals surface area contributed by atoms with E-state index in [-0.39, 0.29) is 40.1 Å². The number of rotatable bonds is 1. The average Bonchev–Trinajstić information content (AvgIpc) is 1.90. The molecule has 4 heteroatoms. The zero-order valence-corrected chi connectivity index (χ0v) is 11.1. The first-order valence-electron chi connectivity index (χ1n) is 2.76. The van der Waals surface area contributed by atoms with E-state index >= 15 is 0 Å². The van der Waals surface area contributed by atoms with Gasteiger partial charge >= 0.3 is 0 Å². The topological polar surface area (TPSA) is 36.5 Å². The summed E-state index contributed by atoms with van der Waals surface area (Å²) in [5, 5.41) is 0. The Balaban J connectivity index is -0.000000213. The van der Waals surface area contributed by atoms with Gasteiger partial charge in [0.25, 0.3) is 0 Å². The molecule has 1 aromatic carbocycles. The normalized spacial score (nSPS) is 6.91. The number of hydrogen-bond donors (Lipinski definition) is 1. The van der Waals surface area contributed by atoms with Crippen LogP contribution in [0.3, 0.4) is 0 Å². The SMILES string of the molecule is [Br-].[Br-].[NH4+].[PH3+]Cc1ccccc1. The van der Waals surface area contributed by atoms with Gasteiger partial charge in [-0.15, -0.1) is 0 Å². The second kappa shape index (κ2) is 10.6. The Labute approximate surface area is 91.3 Å². The third kappa shape index (κ3) is 6.95. The van der Waals surface area contributed by atoms with Gasteiger partial charge in [-0.05, 0) is 14.8 Å². The number of hydrogen-bond acceptors (Lipinski definition) is 0. The molecular formula is C7H14Br2NP. The van der Waals surface area contributed by atoms with Crippen molar-refractivity contribution in [1.29, 1.82) is 0 Å². The predicted octanol–water partition coefficient (Wildman–Crippen LogP) is -3.82. The molecule has 0 bridgehead atoms. The van der Waals surface area contributed by atoms with Crippen molar-refractivity contribution in [3.05, 3.63) is 35.9 Å². The summed E-state index contributed by atoms with van der Waals surface area (Å²) in [6.07, 6.45) is 1.17. The quantitative estimate of drug-likeness (QED) is 0.517. The van der Waals surface area contributed by atoms with Crippen LogP contribution >= 0.6 is 9.24 Å². The molecule has 0 saturated heterocycles. The summed E-state index contributed by atoms with van der Waals surface area (Å²) in [5.74, 6) is 0. The highest BCUT2D eigenvalue weighted by Crippen LogP contribution is 2.02. The Hall–Kier alpha value is 0.570. The Morgan fingerprint density at radius 2 is 1.45 bits per heavy atom. The third-order valence-electron chi connectivity index (χ3n) is 1.13. The van der Waals surface area contributed by atoms with Gasteiger partial charge in [0.2, 0.25) is 0 Å². The summed E-state index contributed by atoms with van der Waals surface area (Å²) >= 11 is 0. The number of halogens is 2. The maximum atomic E-state index is 2.15. The molecule has 1 unspecified atom stereocenters. The molecule has 4 N–H and O–H groups in total. The summed E-state index contributed by atoms with van der Waals surface area (Å²) in [6, 6.07) is 10.5. The highest BCUT2D eigenvalue weighted by molar-refractivity contribution is 7.15. The highest BCUT2D eigenvalue weighted by atomic mass is 79.9. The Morgan fingerprint density at radius 3 is 1.73 bits per heavy atom. The molecule has 1 aromatic rings. The molecule has 0 aliphatic rings. The first-order valence-corrected chi connectivity index (χ1v) is 3.76. The minimum atomic E-state index is 0. The molecule has 0 aliphatic carbocycles. The molecule has 66 valence electrons. The smallest absolute Gasteiger partial charge is 0.0774 e. The van der Waals surface area contributed by atoms with E-state index in [9.17, 15) is 0 Å². The fourth-order valence-electron chi connectivity index (χ4n) is 0.645. The Bertz CT molecular complexity index is 158. The molecule has 1 rings (SSSR count). The lowest BCUT2D eigenvalue weighted by Gasteiger charge is -1.86. The first kappa shape index (κ1) is 17.6. The summed E-state index contributed by atoms with van der Waals surface area (Å²) in [6.45, 7) is 0. The van der Waals surface area contributed by atoms with E-state index in [1.165, 1.54) is 11.7 Å². The second-order valence-corrected chi connectivity index (χ2v) is 2.24. The average molecular weight is 303 g/mol. The van der Waals surface area contributed by atoms with Crippen LogP contribution in [-0.2, 0) is 6.16 Å². The van der Waals surface area contributed by atoms with Crippen LogP contribution in [0.5, 0.6) is 0 Å². The molecule has 0 aromatic heterocycles. The van der Waals surface area contributed by atoms with Crippen molar-refractivity contribution in [2.24, 2.45) is 0 Å². The van der Waals surface area contributed by atoms with Crippen molar-refractivity contribution in [2.45, 2.75) is 6.16 Å². The van der Waals surface area contributed by atoms with E-state index in [2.05, 4.69) is 24.3 Å². The molecule has 0 saturated carbocycles. The van der Waals surface area contributed by atoms with Crippen LogP contribution in [0.4, 0.5) is 0 Å². The van der Waals surface area contributed by atoms with E-state index in [4.69, 9.17) is 0 Å². The van der Waals surface area contributed by atoms with Gasteiger partial charge in [-0.2, -0.15) is 0 Å². The van der Waals surface area contributed by atoms with Crippen LogP contribution in [0.2, 0.25) is 0 Å². The van der Waals surface area contributed by atoms with Crippen molar-refractivity contribution in [3.63, 3.8) is 0 Å². The minimum Gasteiger partial charge on any atom is -1.00 e. The first-order chi connectivity index (χ1) is 3.93. The standard InChI is InChI=1S/C7H9P.2BrH.H3N/c8-6-7-4-2-1-3-5-7;;;/h1-5H,6,8H2;2*1H;1H3. The lowest BCUT2D eigenvalue weighted by atomic mass is 10.2. The van der Waals surface area contributed by atoms with E-state index < -0.39 is 0 Å². The van der Waals surface area contributed by atoms with Crippen molar-refractivity contribution in [2.75, 3.05) is 0 Å². The van der Waals surface area contributed by atoms with Crippen LogP contribution in [0.1, 0.15) is 5.56 Å². The zero-order chi connectivity index (χ0) is 5.82. The third-order valence-corrected chi connectivity index (χ3v) is 1.71. The molecule has 0 spiro atoms. The lowest BCUT2D eigenvalue weighted by molar-refractivity contribution is -0.001000. The molecule has 0 aliphatic heterocycles. The molecule has 0 amide bonds. The van der Waals surface area contributed by atoms with Crippen LogP contribution in [0.15, 0.2) is 30.3 Å². The molecule has 11 heavy (non-hydrogen) atoms.